The van der Waals surface area contributed by atoms with Crippen molar-refractivity contribution in [1.82, 2.24) is 25.1 Å². The van der Waals surface area contributed by atoms with Gasteiger partial charge in [0, 0.05) is 12.0 Å². The minimum absolute atomic E-state index is 0.0235. The predicted octanol–water partition coefficient (Wildman–Crippen LogP) is 1.72. The average molecular weight is 494 g/mol. The molecule has 0 saturated carbocycles. The number of carbonyl (C=O) groups is 1. The van der Waals surface area contributed by atoms with E-state index < -0.39 is 48.0 Å². The van der Waals surface area contributed by atoms with Crippen LogP contribution in [0.3, 0.4) is 0 Å². The number of allylic oxidation sites excluding steroid dienone is 3. The third kappa shape index (κ3) is 5.06. The molecule has 0 radical (unpaired) electrons. The van der Waals surface area contributed by atoms with Crippen LogP contribution in [0.15, 0.2) is 42.3 Å². The van der Waals surface area contributed by atoms with Crippen molar-refractivity contribution in [2.75, 3.05) is 25.1 Å². The third-order valence-electron chi connectivity index (χ3n) is 5.96. The fraction of sp³-hybridized carbons (Fsp3) is 0.455. The van der Waals surface area contributed by atoms with Gasteiger partial charge in [-0.1, -0.05) is 6.58 Å². The molecule has 0 bridgehead atoms. The van der Waals surface area contributed by atoms with Crippen LogP contribution in [0.1, 0.15) is 23.8 Å². The zero-order valence-electron chi connectivity index (χ0n) is 18.8. The Kier molecular flexibility index (Phi) is 7.19. The number of halogens is 3. The van der Waals surface area contributed by atoms with E-state index in [1.165, 1.54) is 6.33 Å². The first-order valence-corrected chi connectivity index (χ1v) is 10.9. The summed E-state index contributed by atoms with van der Waals surface area (Å²) in [6, 6.07) is -1.75. The van der Waals surface area contributed by atoms with E-state index >= 15 is 0 Å². The maximum absolute atomic E-state index is 14.5. The molecule has 2 aromatic rings. The molecule has 4 heterocycles. The van der Waals surface area contributed by atoms with Crippen molar-refractivity contribution >= 4 is 22.8 Å². The highest BCUT2D eigenvalue weighted by Gasteiger charge is 2.40. The van der Waals surface area contributed by atoms with Crippen LogP contribution >= 0.6 is 0 Å². The highest BCUT2D eigenvalue weighted by atomic mass is 19.1. The van der Waals surface area contributed by atoms with Gasteiger partial charge in [0.15, 0.2) is 5.65 Å². The largest absolute Gasteiger partial charge is 0.388 e. The highest BCUT2D eigenvalue weighted by molar-refractivity contribution is 6.08. The summed E-state index contributed by atoms with van der Waals surface area (Å²) in [6.45, 7) is 4.53. The van der Waals surface area contributed by atoms with Gasteiger partial charge >= 0.3 is 0 Å². The summed E-state index contributed by atoms with van der Waals surface area (Å²) < 4.78 is 47.2. The molecule has 2 fully saturated rings. The summed E-state index contributed by atoms with van der Waals surface area (Å²) in [5.41, 5.74) is -0.116. The van der Waals surface area contributed by atoms with Gasteiger partial charge in [-0.15, -0.1) is 0 Å². The molecule has 188 valence electrons. The number of likely N-dealkylation sites (tertiary alicyclic amines) is 1. The van der Waals surface area contributed by atoms with E-state index in [4.69, 9.17) is 4.74 Å². The maximum Gasteiger partial charge on any atom is 0.273 e. The minimum atomic E-state index is -1.42. The van der Waals surface area contributed by atoms with Crippen LogP contribution in [-0.4, -0.2) is 91.4 Å². The Morgan fingerprint density at radius 3 is 2.83 bits per heavy atom. The van der Waals surface area contributed by atoms with Gasteiger partial charge in [0.05, 0.1) is 43.1 Å². The molecule has 35 heavy (non-hydrogen) atoms. The fourth-order valence-electron chi connectivity index (χ4n) is 4.14. The second-order valence-corrected chi connectivity index (χ2v) is 8.47. The first-order chi connectivity index (χ1) is 16.7. The summed E-state index contributed by atoms with van der Waals surface area (Å²) in [5, 5.41) is 29.9. The SMILES string of the molecule is C=C(/C(F)=C\C=C(/C)F)[C@H]1C[C@H](F)CN1C(=O)c1[nH]nc2ncnc(N[C@@H]3COC[C@@H](O)[C@H]3O)c12. The molecular formula is C22H25F3N6O4. The number of carbonyl (C=O) groups excluding carboxylic acids is 1. The number of nitrogens with one attached hydrogen (secondary N) is 2. The number of anilines is 1. The Morgan fingerprint density at radius 1 is 1.31 bits per heavy atom. The van der Waals surface area contributed by atoms with Gasteiger partial charge in [-0.05, 0) is 19.1 Å². The van der Waals surface area contributed by atoms with Crippen molar-refractivity contribution in [3.05, 3.63) is 48.0 Å². The van der Waals surface area contributed by atoms with Crippen LogP contribution < -0.4 is 5.32 Å². The molecule has 2 aliphatic rings. The minimum Gasteiger partial charge on any atom is -0.388 e. The molecule has 13 heteroatoms. The van der Waals surface area contributed by atoms with Gasteiger partial charge < -0.3 is 25.2 Å². The number of fused-ring (bicyclic) bond motifs is 1. The van der Waals surface area contributed by atoms with Crippen molar-refractivity contribution in [2.24, 2.45) is 0 Å². The molecule has 10 nitrogen and oxygen atoms in total. The monoisotopic (exact) mass is 494 g/mol. The van der Waals surface area contributed by atoms with E-state index in [2.05, 4.69) is 32.1 Å². The molecule has 0 spiro atoms. The van der Waals surface area contributed by atoms with E-state index in [0.717, 1.165) is 24.0 Å². The van der Waals surface area contributed by atoms with Crippen LogP contribution in [0.4, 0.5) is 19.0 Å². The number of aliphatic hydroxyl groups is 2. The van der Waals surface area contributed by atoms with E-state index in [0.29, 0.717) is 0 Å². The Labute approximate surface area is 198 Å². The highest BCUT2D eigenvalue weighted by Crippen LogP contribution is 2.33. The fourth-order valence-corrected chi connectivity index (χ4v) is 4.14. The molecule has 0 aromatic carbocycles. The van der Waals surface area contributed by atoms with Crippen LogP contribution in [-0.2, 0) is 4.74 Å². The summed E-state index contributed by atoms with van der Waals surface area (Å²) in [6.07, 6.45) is -0.889. The summed E-state index contributed by atoms with van der Waals surface area (Å²) in [5.74, 6) is -2.05. The molecular weight excluding hydrogens is 469 g/mol. The van der Waals surface area contributed by atoms with Gasteiger partial charge in [0.2, 0.25) is 0 Å². The van der Waals surface area contributed by atoms with E-state index in [-0.39, 0.29) is 54.3 Å². The lowest BCUT2D eigenvalue weighted by atomic mass is 10.0. The lowest BCUT2D eigenvalue weighted by Crippen LogP contribution is -2.51. The van der Waals surface area contributed by atoms with Crippen molar-refractivity contribution in [3.8, 4) is 0 Å². The molecule has 2 aromatic heterocycles. The summed E-state index contributed by atoms with van der Waals surface area (Å²) in [7, 11) is 0. The number of alkyl halides is 1. The number of hydrogen-bond acceptors (Lipinski definition) is 8. The molecule has 0 aliphatic carbocycles. The Morgan fingerprint density at radius 2 is 2.09 bits per heavy atom. The predicted molar refractivity (Wildman–Crippen MR) is 119 cm³/mol. The first-order valence-electron chi connectivity index (χ1n) is 10.9. The molecule has 5 atom stereocenters. The summed E-state index contributed by atoms with van der Waals surface area (Å²) in [4.78, 5) is 22.8. The van der Waals surface area contributed by atoms with Crippen molar-refractivity contribution in [1.29, 1.82) is 0 Å². The lowest BCUT2D eigenvalue weighted by molar-refractivity contribution is -0.0923. The topological polar surface area (TPSA) is 136 Å². The van der Waals surface area contributed by atoms with Gasteiger partial charge in [-0.2, -0.15) is 5.10 Å². The smallest absolute Gasteiger partial charge is 0.273 e. The molecule has 2 saturated heterocycles. The second-order valence-electron chi connectivity index (χ2n) is 8.47. The normalized spacial score (nSPS) is 27.9. The molecule has 4 rings (SSSR count). The molecule has 1 amide bonds. The Balaban J connectivity index is 1.64. The van der Waals surface area contributed by atoms with Crippen molar-refractivity contribution in [3.63, 3.8) is 0 Å². The number of aromatic amines is 1. The number of hydrogen-bond donors (Lipinski definition) is 4. The summed E-state index contributed by atoms with van der Waals surface area (Å²) >= 11 is 0. The molecule has 2 aliphatic heterocycles. The quantitative estimate of drug-likeness (QED) is 0.446. The van der Waals surface area contributed by atoms with Gasteiger partial charge in [-0.3, -0.25) is 9.89 Å². The van der Waals surface area contributed by atoms with Crippen molar-refractivity contribution in [2.45, 2.75) is 43.8 Å². The zero-order valence-corrected chi connectivity index (χ0v) is 18.8. The van der Waals surface area contributed by atoms with Crippen LogP contribution in [0.25, 0.3) is 11.0 Å². The van der Waals surface area contributed by atoms with Crippen LogP contribution in [0.5, 0.6) is 0 Å². The number of rotatable bonds is 6. The van der Waals surface area contributed by atoms with Crippen LogP contribution in [0.2, 0.25) is 0 Å². The van der Waals surface area contributed by atoms with E-state index in [1.54, 1.807) is 0 Å². The van der Waals surface area contributed by atoms with Gasteiger partial charge in [-0.25, -0.2) is 23.1 Å². The molecule has 4 N–H and O–H groups in total. The lowest BCUT2D eigenvalue weighted by Gasteiger charge is -2.32. The third-order valence-corrected chi connectivity index (χ3v) is 5.96. The Bertz CT molecular complexity index is 1180. The number of nitrogens with zero attached hydrogens (tertiary/aromatic N) is 4. The van der Waals surface area contributed by atoms with Gasteiger partial charge in [0.25, 0.3) is 5.91 Å². The number of amides is 1. The maximum atomic E-state index is 14.5. The zero-order chi connectivity index (χ0) is 25.3. The van der Waals surface area contributed by atoms with Crippen LogP contribution in [0, 0.1) is 0 Å². The second kappa shape index (κ2) is 10.1. The standard InChI is InChI=1S/C22H25F3N6O4/c1-10(23)3-4-13(25)11(2)15-5-12(24)6-31(15)22(34)18-17-20(26-9-27-21(17)30-29-18)28-14-7-35-8-16(32)19(14)33/h3-4,9,12,14-16,19,32-33H,2,5-8H2,1H3,(H2,26,27,28,29,30)/b10-3+,13-4+/t12-,14+,15+,16+,19-/m0/s1. The number of ether oxygens (including phenoxy) is 1. The number of H-pyrrole nitrogens is 1. The Hall–Kier alpha value is -3.29. The molecule has 0 unspecified atom stereocenters. The van der Waals surface area contributed by atoms with Crippen molar-refractivity contribution < 1.29 is 32.9 Å². The first kappa shape index (κ1) is 24.8. The van der Waals surface area contributed by atoms with E-state index in [9.17, 15) is 28.2 Å². The number of aromatic nitrogens is 4. The van der Waals surface area contributed by atoms with Gasteiger partial charge in [0.1, 0.15) is 42.0 Å². The van der Waals surface area contributed by atoms with E-state index in [1.807, 2.05) is 0 Å². The average Bonchev–Trinajstić information content (AvgIpc) is 3.44. The number of aliphatic hydroxyl groups excluding tert-OH is 2.